The van der Waals surface area contributed by atoms with Crippen molar-refractivity contribution in [2.45, 2.75) is 78.6 Å². The number of rotatable bonds is 26. The number of esters is 3. The Kier molecular flexibility index (Phi) is 31.0. The Balaban J connectivity index is 0. The second kappa shape index (κ2) is 30.9. The van der Waals surface area contributed by atoms with Gasteiger partial charge in [0, 0.05) is 22.0 Å². The summed E-state index contributed by atoms with van der Waals surface area (Å²) in [5, 5.41) is 1.13. The predicted molar refractivity (Wildman–Crippen MR) is 165 cm³/mol. The van der Waals surface area contributed by atoms with Crippen LogP contribution in [0.5, 0.6) is 0 Å². The van der Waals surface area contributed by atoms with E-state index < -0.39 is 11.9 Å². The highest BCUT2D eigenvalue weighted by Gasteiger charge is 2.03. The minimum absolute atomic E-state index is 0.192. The van der Waals surface area contributed by atoms with Crippen molar-refractivity contribution < 1.29 is 42.8 Å². The molecule has 0 aliphatic carbocycles. The second-order valence-electron chi connectivity index (χ2n) is 9.46. The van der Waals surface area contributed by atoms with Gasteiger partial charge in [-0.15, -0.1) is 0 Å². The van der Waals surface area contributed by atoms with Crippen LogP contribution in [0.3, 0.4) is 0 Å². The lowest BCUT2D eigenvalue weighted by atomic mass is 10.1. The average molecular weight is 650 g/mol. The van der Waals surface area contributed by atoms with Gasteiger partial charge in [0.25, 0.3) is 0 Å². The largest absolute Gasteiger partial charge is 0.462 e. The first-order valence-electron chi connectivity index (χ1n) is 14.4. The summed E-state index contributed by atoms with van der Waals surface area (Å²) in [5.41, 5.74) is 1.21. The third-order valence-corrected chi connectivity index (χ3v) is 5.78. The zero-order chi connectivity index (χ0) is 31.1. The minimum Gasteiger partial charge on any atom is -0.462 e. The van der Waals surface area contributed by atoms with Crippen molar-refractivity contribution in [1.29, 1.82) is 0 Å². The number of hydrogen-bond donors (Lipinski definition) is 0. The maximum atomic E-state index is 11.1. The van der Waals surface area contributed by atoms with E-state index in [1.165, 1.54) is 44.9 Å². The van der Waals surface area contributed by atoms with Crippen LogP contribution in [-0.2, 0) is 42.8 Å². The first-order chi connectivity index (χ1) is 19.6. The fraction of sp³-hybridized carbons (Fsp3) is 0.710. The molecule has 41 heavy (non-hydrogen) atoms. The molecule has 0 unspecified atom stereocenters. The third kappa shape index (κ3) is 32.4. The predicted octanol–water partition coefficient (Wildman–Crippen LogP) is 6.29. The van der Waals surface area contributed by atoms with Crippen molar-refractivity contribution >= 4 is 33.8 Å². The van der Waals surface area contributed by atoms with Crippen LogP contribution in [0.1, 0.15) is 78.6 Å². The summed E-state index contributed by atoms with van der Waals surface area (Å²) < 4.78 is 30.4. The molecular formula is C31H53BrO9. The molecule has 0 amide bonds. The smallest absolute Gasteiger partial charge is 0.333 e. The normalized spacial score (nSPS) is 10.2. The molecule has 0 aromatic carbocycles. The maximum Gasteiger partial charge on any atom is 0.333 e. The van der Waals surface area contributed by atoms with Gasteiger partial charge in [-0.2, -0.15) is 0 Å². The van der Waals surface area contributed by atoms with Crippen LogP contribution < -0.4 is 0 Å². The molecule has 0 aromatic heterocycles. The topological polar surface area (TPSA) is 107 Å². The summed E-state index contributed by atoms with van der Waals surface area (Å²) in [6, 6.07) is 0. The molecule has 0 aromatic rings. The van der Waals surface area contributed by atoms with Gasteiger partial charge < -0.3 is 28.4 Å². The monoisotopic (exact) mass is 648 g/mol. The Morgan fingerprint density at radius 2 is 0.707 bits per heavy atom. The van der Waals surface area contributed by atoms with Crippen LogP contribution >= 0.6 is 15.9 Å². The summed E-state index contributed by atoms with van der Waals surface area (Å²) in [6.45, 7) is 18.5. The lowest BCUT2D eigenvalue weighted by Gasteiger charge is -2.08. The van der Waals surface area contributed by atoms with E-state index in [4.69, 9.17) is 28.4 Å². The summed E-state index contributed by atoms with van der Waals surface area (Å²) in [5.74, 6) is -1.10. The van der Waals surface area contributed by atoms with Crippen molar-refractivity contribution in [2.24, 2.45) is 0 Å². The van der Waals surface area contributed by atoms with E-state index in [-0.39, 0.29) is 19.2 Å². The Morgan fingerprint density at radius 1 is 0.439 bits per heavy atom. The van der Waals surface area contributed by atoms with Crippen LogP contribution in [0.4, 0.5) is 0 Å². The molecule has 0 saturated carbocycles. The average Bonchev–Trinajstić information content (AvgIpc) is 2.93. The quantitative estimate of drug-likeness (QED) is 0.0352. The molecule has 0 spiro atoms. The van der Waals surface area contributed by atoms with Crippen molar-refractivity contribution in [3.63, 3.8) is 0 Å². The first-order valence-corrected chi connectivity index (χ1v) is 15.5. The van der Waals surface area contributed by atoms with Crippen molar-refractivity contribution in [1.82, 2.24) is 0 Å². The van der Waals surface area contributed by atoms with Crippen LogP contribution in [0.15, 0.2) is 36.5 Å². The Morgan fingerprint density at radius 3 is 1.02 bits per heavy atom. The van der Waals surface area contributed by atoms with E-state index in [9.17, 15) is 14.4 Å². The van der Waals surface area contributed by atoms with E-state index in [0.29, 0.717) is 63.0 Å². The number of ether oxygens (including phenoxy) is 6. The molecule has 0 bridgehead atoms. The van der Waals surface area contributed by atoms with Gasteiger partial charge in [0.15, 0.2) is 0 Å². The summed E-state index contributed by atoms with van der Waals surface area (Å²) in [7, 11) is 0. The molecule has 9 nitrogen and oxygen atoms in total. The molecule has 238 valence electrons. The lowest BCUT2D eigenvalue weighted by Crippen LogP contribution is -2.15. The second-order valence-corrected chi connectivity index (χ2v) is 10.2. The number of alkyl halides is 1. The number of hydrogen-bond acceptors (Lipinski definition) is 9. The van der Waals surface area contributed by atoms with E-state index in [2.05, 4.69) is 35.7 Å². The van der Waals surface area contributed by atoms with E-state index in [1.807, 2.05) is 0 Å². The lowest BCUT2D eigenvalue weighted by molar-refractivity contribution is -0.141. The molecule has 0 N–H and O–H groups in total. The zero-order valence-electron chi connectivity index (χ0n) is 25.6. The molecule has 0 aliphatic rings. The zero-order valence-corrected chi connectivity index (χ0v) is 27.2. The highest BCUT2D eigenvalue weighted by Crippen LogP contribution is 2.10. The van der Waals surface area contributed by atoms with E-state index in [0.717, 1.165) is 18.2 Å². The fourth-order valence-electron chi connectivity index (χ4n) is 2.90. The van der Waals surface area contributed by atoms with Crippen molar-refractivity contribution in [3.05, 3.63) is 36.5 Å². The SMILES string of the molecule is C=C(C)C(=O)OCCCCCCCCCCCBr.C=C(C)C(=O)OCCOCCOCCOCCOC(=O)C(=C)C. The van der Waals surface area contributed by atoms with Crippen molar-refractivity contribution in [2.75, 3.05) is 64.8 Å². The fourth-order valence-corrected chi connectivity index (χ4v) is 3.29. The summed E-state index contributed by atoms with van der Waals surface area (Å²) in [4.78, 5) is 33.2. The Labute approximate surface area is 256 Å². The summed E-state index contributed by atoms with van der Waals surface area (Å²) in [6.07, 6.45) is 11.4. The van der Waals surface area contributed by atoms with Crippen LogP contribution in [0.2, 0.25) is 0 Å². The van der Waals surface area contributed by atoms with E-state index >= 15 is 0 Å². The van der Waals surface area contributed by atoms with Crippen LogP contribution in [0, 0.1) is 0 Å². The van der Waals surface area contributed by atoms with Gasteiger partial charge in [0.1, 0.15) is 13.2 Å². The van der Waals surface area contributed by atoms with Gasteiger partial charge in [-0.25, -0.2) is 14.4 Å². The van der Waals surface area contributed by atoms with E-state index in [1.54, 1.807) is 20.8 Å². The van der Waals surface area contributed by atoms with Crippen LogP contribution in [-0.4, -0.2) is 82.7 Å². The van der Waals surface area contributed by atoms with Crippen molar-refractivity contribution in [3.8, 4) is 0 Å². The highest BCUT2D eigenvalue weighted by atomic mass is 79.9. The molecule has 0 heterocycles. The number of unbranched alkanes of at least 4 members (excludes halogenated alkanes) is 8. The Hall–Kier alpha value is -2.01. The third-order valence-electron chi connectivity index (χ3n) is 5.22. The molecular weight excluding hydrogens is 596 g/mol. The van der Waals surface area contributed by atoms with Gasteiger partial charge >= 0.3 is 17.9 Å². The molecule has 0 radical (unpaired) electrons. The number of halogens is 1. The van der Waals surface area contributed by atoms with Gasteiger partial charge in [-0.1, -0.05) is 80.6 Å². The Bertz CT molecular complexity index is 701. The number of carbonyl (C=O) groups excluding carboxylic acids is 3. The molecule has 0 fully saturated rings. The highest BCUT2D eigenvalue weighted by molar-refractivity contribution is 9.09. The standard InChI is InChI=1S/C16H26O7.C15H27BrO2/c1-13(2)15(17)22-11-9-20-7-5-19-6-8-21-10-12-23-16(18)14(3)4;1-14(2)15(17)18-13-11-9-7-5-3-4-6-8-10-12-16/h1,3,5-12H2,2,4H3;1,3-13H2,2H3. The maximum absolute atomic E-state index is 11.1. The summed E-state index contributed by atoms with van der Waals surface area (Å²) >= 11 is 3.45. The minimum atomic E-state index is -0.420. The number of carbonyl (C=O) groups is 3. The van der Waals surface area contributed by atoms with Gasteiger partial charge in [-0.05, 0) is 33.6 Å². The van der Waals surface area contributed by atoms with Crippen LogP contribution in [0.25, 0.3) is 0 Å². The van der Waals surface area contributed by atoms with Gasteiger partial charge in [-0.3, -0.25) is 0 Å². The molecule has 0 atom stereocenters. The molecule has 0 saturated heterocycles. The molecule has 0 aliphatic heterocycles. The van der Waals surface area contributed by atoms with Gasteiger partial charge in [0.05, 0.1) is 46.2 Å². The molecule has 10 heteroatoms. The first kappa shape index (κ1) is 41.1. The van der Waals surface area contributed by atoms with Gasteiger partial charge in [0.2, 0.25) is 0 Å². The molecule has 0 rings (SSSR count).